The number of aliphatic hydroxyl groups is 2. The monoisotopic (exact) mass is 898 g/mol. The molecule has 0 amide bonds. The lowest BCUT2D eigenvalue weighted by Gasteiger charge is -2.46. The van der Waals surface area contributed by atoms with Gasteiger partial charge in [-0.15, -0.1) is 0 Å². The van der Waals surface area contributed by atoms with Gasteiger partial charge in [-0.3, -0.25) is 0 Å². The number of nitrogens with zero attached hydrogens (tertiary/aromatic N) is 2. The van der Waals surface area contributed by atoms with E-state index in [4.69, 9.17) is 37.9 Å². The van der Waals surface area contributed by atoms with Gasteiger partial charge in [0, 0.05) is 60.9 Å². The summed E-state index contributed by atoms with van der Waals surface area (Å²) >= 11 is 0. The molecule has 4 atom stereocenters. The van der Waals surface area contributed by atoms with Crippen LogP contribution in [0.4, 0.5) is 0 Å². The molecule has 0 aliphatic carbocycles. The summed E-state index contributed by atoms with van der Waals surface area (Å²) in [4.78, 5) is 25.6. The first kappa shape index (κ1) is 48.7. The fraction of sp³-hybridized carbons (Fsp3) is 0.451. The lowest BCUT2D eigenvalue weighted by atomic mass is 9.83. The molecular formula is C51H66N2O12+2. The number of methoxy groups -OCH3 is 6. The maximum atomic E-state index is 12.8. The van der Waals surface area contributed by atoms with E-state index >= 15 is 0 Å². The number of ether oxygens (including phenoxy) is 8. The topological polar surface area (TPSA) is 148 Å². The Morgan fingerprint density at radius 2 is 1.08 bits per heavy atom. The molecule has 0 bridgehead atoms. The summed E-state index contributed by atoms with van der Waals surface area (Å²) in [6.07, 6.45) is 5.77. The van der Waals surface area contributed by atoms with Crippen molar-refractivity contribution in [3.05, 3.63) is 117 Å². The quantitative estimate of drug-likeness (QED) is 0.0423. The Kier molecular flexibility index (Phi) is 16.4. The smallest absolute Gasteiger partial charge is 0.331 e. The summed E-state index contributed by atoms with van der Waals surface area (Å²) in [7, 11) is 14.2. The summed E-state index contributed by atoms with van der Waals surface area (Å²) in [6.45, 7) is 3.09. The van der Waals surface area contributed by atoms with Crippen molar-refractivity contribution in [2.24, 2.45) is 0 Å². The average molecular weight is 899 g/mol. The first-order chi connectivity index (χ1) is 31.4. The van der Waals surface area contributed by atoms with Crippen molar-refractivity contribution in [3.8, 4) is 34.5 Å². The average Bonchev–Trinajstić information content (AvgIpc) is 3.33. The normalized spacial score (nSPS) is 20.0. The van der Waals surface area contributed by atoms with Crippen molar-refractivity contribution in [2.75, 3.05) is 96.1 Å². The van der Waals surface area contributed by atoms with Crippen LogP contribution in [0.1, 0.15) is 69.4 Å². The molecule has 4 aromatic carbocycles. The number of benzene rings is 4. The van der Waals surface area contributed by atoms with Crippen LogP contribution in [0.5, 0.6) is 34.5 Å². The van der Waals surface area contributed by atoms with Gasteiger partial charge in [-0.25, -0.2) is 9.59 Å². The third kappa shape index (κ3) is 11.0. The highest BCUT2D eigenvalue weighted by molar-refractivity contribution is 5.91. The predicted octanol–water partition coefficient (Wildman–Crippen LogP) is 6.22. The number of hydrogen-bond acceptors (Lipinski definition) is 12. The number of quaternary nitrogens is 2. The number of aliphatic hydroxyl groups excluding tert-OH is 2. The molecule has 4 unspecified atom stereocenters. The summed E-state index contributed by atoms with van der Waals surface area (Å²) in [5, 5.41) is 20.2. The standard InChI is InChI=1S/C51H66N2O12/c1-52(21-17-36-29-47(62-7)48(63-8)31-40(36)42(52)25-34-11-13-43(58-3)45(26-34)60-5)19-9-23-64-49(56)15-16-50(57)65-24-10-20-53(2)22-18-35-27-38(32-54)39(33-55)28-41(35)51(53)37-12-14-44(59-4)46(30-37)61-6/h11-16,26-31,42,51,54-55H,9-10,17-25,32-33H2,1-8H3/q+2/b16-15+. The van der Waals surface area contributed by atoms with Crippen LogP contribution >= 0.6 is 0 Å². The van der Waals surface area contributed by atoms with Gasteiger partial charge in [0.1, 0.15) is 12.1 Å². The van der Waals surface area contributed by atoms with Crippen molar-refractivity contribution in [1.29, 1.82) is 0 Å². The SMILES string of the molecule is COc1ccc(CC2c3cc(OC)c(OC)cc3CC[N+]2(C)CCCOC(=O)/C=C/C(=O)OCCC[N+]2(C)CCc3cc(CO)c(CO)cc3C2c2ccc(OC)c(OC)c2)cc1OC. The lowest BCUT2D eigenvalue weighted by Crippen LogP contribution is -2.52. The van der Waals surface area contributed by atoms with Gasteiger partial charge in [0.2, 0.25) is 0 Å². The number of hydrogen-bond donors (Lipinski definition) is 2. The van der Waals surface area contributed by atoms with E-state index < -0.39 is 11.9 Å². The van der Waals surface area contributed by atoms with E-state index in [2.05, 4.69) is 32.3 Å². The maximum Gasteiger partial charge on any atom is 0.331 e. The molecule has 350 valence electrons. The Balaban J connectivity index is 1.05. The second-order valence-electron chi connectivity index (χ2n) is 17.2. The highest BCUT2D eigenvalue weighted by Gasteiger charge is 2.42. The second kappa shape index (κ2) is 21.9. The molecule has 65 heavy (non-hydrogen) atoms. The number of carbonyl (C=O) groups is 2. The van der Waals surface area contributed by atoms with E-state index in [1.165, 1.54) is 11.1 Å². The van der Waals surface area contributed by atoms with Crippen LogP contribution < -0.4 is 28.4 Å². The third-order valence-corrected chi connectivity index (χ3v) is 13.3. The van der Waals surface area contributed by atoms with Gasteiger partial charge in [0.15, 0.2) is 34.5 Å². The largest absolute Gasteiger partial charge is 0.493 e. The molecule has 2 aliphatic heterocycles. The third-order valence-electron chi connectivity index (χ3n) is 13.3. The Morgan fingerprint density at radius 1 is 0.585 bits per heavy atom. The van der Waals surface area contributed by atoms with Crippen LogP contribution in [-0.2, 0) is 51.5 Å². The van der Waals surface area contributed by atoms with Gasteiger partial charge in [0.05, 0.1) is 109 Å². The Hall–Kier alpha value is -5.80. The summed E-state index contributed by atoms with van der Waals surface area (Å²) < 4.78 is 46.1. The van der Waals surface area contributed by atoms with Gasteiger partial charge in [-0.1, -0.05) is 12.1 Å². The van der Waals surface area contributed by atoms with Crippen molar-refractivity contribution in [1.82, 2.24) is 0 Å². The van der Waals surface area contributed by atoms with Gasteiger partial charge in [0.25, 0.3) is 0 Å². The van der Waals surface area contributed by atoms with E-state index in [0.29, 0.717) is 68.4 Å². The fourth-order valence-electron chi connectivity index (χ4n) is 9.76. The number of fused-ring (bicyclic) bond motifs is 2. The Morgan fingerprint density at radius 3 is 1.66 bits per heavy atom. The first-order valence-electron chi connectivity index (χ1n) is 22.1. The molecule has 14 nitrogen and oxygen atoms in total. The molecule has 0 spiro atoms. The minimum Gasteiger partial charge on any atom is -0.493 e. The van der Waals surface area contributed by atoms with Crippen LogP contribution in [-0.4, -0.2) is 127 Å². The summed E-state index contributed by atoms with van der Waals surface area (Å²) in [5.41, 5.74) is 8.12. The van der Waals surface area contributed by atoms with E-state index in [9.17, 15) is 19.8 Å². The molecule has 6 rings (SSSR count). The van der Waals surface area contributed by atoms with Crippen molar-refractivity contribution < 1.29 is 66.7 Å². The minimum absolute atomic E-state index is 0.0633. The van der Waals surface area contributed by atoms with Crippen LogP contribution in [0.15, 0.2) is 72.8 Å². The van der Waals surface area contributed by atoms with Gasteiger partial charge < -0.3 is 57.1 Å². The molecule has 0 saturated heterocycles. The number of esters is 2. The molecular weight excluding hydrogens is 833 g/mol. The predicted molar refractivity (Wildman–Crippen MR) is 245 cm³/mol. The fourth-order valence-corrected chi connectivity index (χ4v) is 9.76. The lowest BCUT2D eigenvalue weighted by molar-refractivity contribution is -0.941. The maximum absolute atomic E-state index is 12.8. The molecule has 0 radical (unpaired) electrons. The van der Waals surface area contributed by atoms with E-state index in [0.717, 1.165) is 78.9 Å². The molecule has 0 saturated carbocycles. The molecule has 0 fully saturated rings. The zero-order valence-electron chi connectivity index (χ0n) is 39.1. The van der Waals surface area contributed by atoms with E-state index in [-0.39, 0.29) is 38.5 Å². The second-order valence-corrected chi connectivity index (χ2v) is 17.2. The zero-order chi connectivity index (χ0) is 46.7. The van der Waals surface area contributed by atoms with Gasteiger partial charge >= 0.3 is 11.9 Å². The number of rotatable bonds is 21. The minimum atomic E-state index is -0.621. The molecule has 2 heterocycles. The van der Waals surface area contributed by atoms with E-state index in [1.807, 2.05) is 42.5 Å². The molecule has 2 N–H and O–H groups in total. The Labute approximate surface area is 383 Å². The Bertz CT molecular complexity index is 2330. The van der Waals surface area contributed by atoms with Crippen LogP contribution in [0.2, 0.25) is 0 Å². The van der Waals surface area contributed by atoms with Crippen molar-refractivity contribution >= 4 is 11.9 Å². The van der Waals surface area contributed by atoms with Gasteiger partial charge in [-0.2, -0.15) is 0 Å². The molecule has 14 heteroatoms. The molecule has 4 aromatic rings. The van der Waals surface area contributed by atoms with Crippen molar-refractivity contribution in [2.45, 2.75) is 57.4 Å². The highest BCUT2D eigenvalue weighted by Crippen LogP contribution is 2.45. The molecule has 0 aromatic heterocycles. The van der Waals surface area contributed by atoms with Gasteiger partial charge in [-0.05, 0) is 76.3 Å². The first-order valence-corrected chi connectivity index (χ1v) is 22.1. The van der Waals surface area contributed by atoms with E-state index in [1.54, 1.807) is 42.7 Å². The van der Waals surface area contributed by atoms with Crippen LogP contribution in [0.25, 0.3) is 0 Å². The molecule has 2 aliphatic rings. The van der Waals surface area contributed by atoms with Crippen LogP contribution in [0, 0.1) is 0 Å². The zero-order valence-corrected chi connectivity index (χ0v) is 39.1. The summed E-state index contributed by atoms with van der Waals surface area (Å²) in [6, 6.07) is 20.0. The highest BCUT2D eigenvalue weighted by atomic mass is 16.5. The number of carbonyl (C=O) groups excluding carboxylic acids is 2. The van der Waals surface area contributed by atoms with Crippen molar-refractivity contribution in [3.63, 3.8) is 0 Å². The number of likely N-dealkylation sites (N-methyl/N-ethyl adjacent to an activating group) is 2. The summed E-state index contributed by atoms with van der Waals surface area (Å²) in [5.74, 6) is 2.72. The van der Waals surface area contributed by atoms with Crippen LogP contribution in [0.3, 0.4) is 0 Å².